The first kappa shape index (κ1) is 21.1. The molecule has 1 amide bonds. The molecule has 0 aliphatic heterocycles. The van der Waals surface area contributed by atoms with E-state index >= 15 is 0 Å². The van der Waals surface area contributed by atoms with Crippen LogP contribution in [0.4, 0.5) is 10.8 Å². The molecule has 1 aromatic heterocycles. The van der Waals surface area contributed by atoms with Crippen LogP contribution in [0.5, 0.6) is 5.75 Å². The lowest BCUT2D eigenvalue weighted by Crippen LogP contribution is -2.27. The van der Waals surface area contributed by atoms with Gasteiger partial charge in [0, 0.05) is 13.6 Å². The van der Waals surface area contributed by atoms with E-state index in [-0.39, 0.29) is 5.91 Å². The Balaban J connectivity index is 1.51. The average Bonchev–Trinajstić information content (AvgIpc) is 3.20. The zero-order chi connectivity index (χ0) is 20.6. The number of aryl methyl sites for hydroxylation is 1. The summed E-state index contributed by atoms with van der Waals surface area (Å²) in [6.45, 7) is 2.73. The topological polar surface area (TPSA) is 67.4 Å². The summed E-state index contributed by atoms with van der Waals surface area (Å²) in [5.41, 5.74) is 3.25. The van der Waals surface area contributed by atoms with Crippen LogP contribution < -0.4 is 10.1 Å². The molecule has 0 bridgehead atoms. The molecule has 6 nitrogen and oxygen atoms in total. The van der Waals surface area contributed by atoms with Gasteiger partial charge in [0.05, 0.1) is 18.6 Å². The number of nitrogens with one attached hydrogen (secondary N) is 1. The van der Waals surface area contributed by atoms with Crippen molar-refractivity contribution in [1.82, 2.24) is 15.1 Å². The van der Waals surface area contributed by atoms with Gasteiger partial charge in [0.2, 0.25) is 11.0 Å². The summed E-state index contributed by atoms with van der Waals surface area (Å²) in [7, 11) is 3.45. The van der Waals surface area contributed by atoms with Crippen LogP contribution in [-0.4, -0.2) is 40.9 Å². The zero-order valence-corrected chi connectivity index (χ0v) is 18.3. The fourth-order valence-corrected chi connectivity index (χ4v) is 4.36. The second kappa shape index (κ2) is 10.3. The number of para-hydroxylation sites is 2. The molecule has 0 saturated heterocycles. The predicted octanol–water partition coefficient (Wildman–Crippen LogP) is 4.60. The summed E-state index contributed by atoms with van der Waals surface area (Å²) in [6, 6.07) is 16.0. The molecule has 1 N–H and O–H groups in total. The molecule has 29 heavy (non-hydrogen) atoms. The lowest BCUT2D eigenvalue weighted by molar-refractivity contribution is -0.127. The number of amides is 1. The highest BCUT2D eigenvalue weighted by Gasteiger charge is 2.13. The number of rotatable bonds is 9. The SMILES string of the molecule is CCc1ccc(CN(C)C(=O)CSc2nnc(Nc3ccccc3OC)s2)cc1. The van der Waals surface area contributed by atoms with Crippen LogP contribution in [0.2, 0.25) is 0 Å². The number of methoxy groups -OCH3 is 1. The number of carbonyl (C=O) groups excluding carboxylic acids is 1. The summed E-state index contributed by atoms with van der Waals surface area (Å²) < 4.78 is 6.08. The van der Waals surface area contributed by atoms with E-state index in [1.165, 1.54) is 28.7 Å². The molecular weight excluding hydrogens is 404 g/mol. The van der Waals surface area contributed by atoms with Crippen LogP contribution in [-0.2, 0) is 17.8 Å². The minimum Gasteiger partial charge on any atom is -0.495 e. The molecule has 3 aromatic rings. The van der Waals surface area contributed by atoms with Crippen molar-refractivity contribution >= 4 is 39.8 Å². The van der Waals surface area contributed by atoms with Gasteiger partial charge in [-0.25, -0.2) is 0 Å². The lowest BCUT2D eigenvalue weighted by Gasteiger charge is -2.17. The maximum Gasteiger partial charge on any atom is 0.233 e. The van der Waals surface area contributed by atoms with Crippen LogP contribution >= 0.6 is 23.1 Å². The van der Waals surface area contributed by atoms with E-state index in [0.717, 1.165) is 27.8 Å². The van der Waals surface area contributed by atoms with Gasteiger partial charge in [0.15, 0.2) is 4.34 Å². The van der Waals surface area contributed by atoms with Gasteiger partial charge in [-0.3, -0.25) is 4.79 Å². The number of nitrogens with zero attached hydrogens (tertiary/aromatic N) is 3. The number of benzene rings is 2. The molecule has 0 fully saturated rings. The van der Waals surface area contributed by atoms with E-state index in [1.54, 1.807) is 12.0 Å². The minimum atomic E-state index is 0.0593. The quantitative estimate of drug-likeness (QED) is 0.502. The molecule has 3 rings (SSSR count). The molecule has 8 heteroatoms. The maximum absolute atomic E-state index is 12.5. The minimum absolute atomic E-state index is 0.0593. The molecular formula is C21H24N4O2S2. The fraction of sp³-hybridized carbons (Fsp3) is 0.286. The third kappa shape index (κ3) is 5.95. The Labute approximate surface area is 179 Å². The Bertz CT molecular complexity index is 944. The van der Waals surface area contributed by atoms with Crippen molar-refractivity contribution in [2.45, 2.75) is 24.2 Å². The second-order valence-electron chi connectivity index (χ2n) is 6.41. The standard InChI is InChI=1S/C21H24N4O2S2/c1-4-15-9-11-16(12-10-15)13-25(2)19(26)14-28-21-24-23-20(29-21)22-17-7-5-6-8-18(17)27-3/h5-12H,4,13-14H2,1-3H3,(H,22,23). The normalized spacial score (nSPS) is 10.6. The Morgan fingerprint density at radius 3 is 2.59 bits per heavy atom. The van der Waals surface area contributed by atoms with Crippen LogP contribution in [0.3, 0.4) is 0 Å². The monoisotopic (exact) mass is 428 g/mol. The maximum atomic E-state index is 12.5. The molecule has 0 radical (unpaired) electrons. The molecule has 0 saturated carbocycles. The van der Waals surface area contributed by atoms with Crippen molar-refractivity contribution in [3.05, 3.63) is 59.7 Å². The van der Waals surface area contributed by atoms with Gasteiger partial charge in [-0.1, -0.05) is 66.4 Å². The number of hydrogen-bond acceptors (Lipinski definition) is 7. The summed E-state index contributed by atoms with van der Waals surface area (Å²) in [5, 5.41) is 12.2. The number of anilines is 2. The number of hydrogen-bond donors (Lipinski definition) is 1. The van der Waals surface area contributed by atoms with Crippen LogP contribution in [0.1, 0.15) is 18.1 Å². The summed E-state index contributed by atoms with van der Waals surface area (Å²) >= 11 is 2.81. The van der Waals surface area contributed by atoms with E-state index in [0.29, 0.717) is 17.4 Å². The fourth-order valence-electron chi connectivity index (χ4n) is 2.66. The van der Waals surface area contributed by atoms with E-state index in [1.807, 2.05) is 31.3 Å². The lowest BCUT2D eigenvalue weighted by atomic mass is 10.1. The first-order chi connectivity index (χ1) is 14.1. The van der Waals surface area contributed by atoms with Crippen LogP contribution in [0.25, 0.3) is 0 Å². The summed E-state index contributed by atoms with van der Waals surface area (Å²) in [6.07, 6.45) is 1.02. The van der Waals surface area contributed by atoms with E-state index in [9.17, 15) is 4.79 Å². The van der Waals surface area contributed by atoms with Crippen molar-refractivity contribution in [3.63, 3.8) is 0 Å². The Kier molecular flexibility index (Phi) is 7.48. The Hall–Kier alpha value is -2.58. The molecule has 0 unspecified atom stereocenters. The highest BCUT2D eigenvalue weighted by molar-refractivity contribution is 8.01. The average molecular weight is 429 g/mol. The molecule has 1 heterocycles. The van der Waals surface area contributed by atoms with Crippen molar-refractivity contribution in [2.75, 3.05) is 25.2 Å². The largest absolute Gasteiger partial charge is 0.495 e. The van der Waals surface area contributed by atoms with Gasteiger partial charge in [-0.05, 0) is 29.7 Å². The summed E-state index contributed by atoms with van der Waals surface area (Å²) in [4.78, 5) is 14.2. The van der Waals surface area contributed by atoms with Crippen molar-refractivity contribution in [2.24, 2.45) is 0 Å². The second-order valence-corrected chi connectivity index (χ2v) is 8.61. The Morgan fingerprint density at radius 2 is 1.86 bits per heavy atom. The smallest absolute Gasteiger partial charge is 0.233 e. The van der Waals surface area contributed by atoms with Crippen molar-refractivity contribution < 1.29 is 9.53 Å². The zero-order valence-electron chi connectivity index (χ0n) is 16.7. The molecule has 0 aliphatic rings. The predicted molar refractivity (Wildman–Crippen MR) is 119 cm³/mol. The van der Waals surface area contributed by atoms with E-state index in [4.69, 9.17) is 4.74 Å². The molecule has 2 aromatic carbocycles. The van der Waals surface area contributed by atoms with Gasteiger partial charge in [-0.2, -0.15) is 0 Å². The van der Waals surface area contributed by atoms with Gasteiger partial charge in [0.1, 0.15) is 5.75 Å². The molecule has 0 aliphatic carbocycles. The third-order valence-electron chi connectivity index (χ3n) is 4.35. The summed E-state index contributed by atoms with van der Waals surface area (Å²) in [5.74, 6) is 1.12. The molecule has 0 atom stereocenters. The number of thioether (sulfide) groups is 1. The first-order valence-electron chi connectivity index (χ1n) is 9.27. The van der Waals surface area contributed by atoms with Gasteiger partial charge < -0.3 is 15.0 Å². The molecule has 0 spiro atoms. The third-order valence-corrected chi connectivity index (χ3v) is 6.31. The first-order valence-corrected chi connectivity index (χ1v) is 11.1. The Morgan fingerprint density at radius 1 is 1.14 bits per heavy atom. The van der Waals surface area contributed by atoms with E-state index < -0.39 is 0 Å². The van der Waals surface area contributed by atoms with Crippen molar-refractivity contribution in [3.8, 4) is 5.75 Å². The van der Waals surface area contributed by atoms with Crippen LogP contribution in [0.15, 0.2) is 52.9 Å². The highest BCUT2D eigenvalue weighted by atomic mass is 32.2. The molecule has 152 valence electrons. The van der Waals surface area contributed by atoms with Gasteiger partial charge in [-0.15, -0.1) is 10.2 Å². The number of aromatic nitrogens is 2. The van der Waals surface area contributed by atoms with Crippen LogP contribution in [0, 0.1) is 0 Å². The van der Waals surface area contributed by atoms with Gasteiger partial charge >= 0.3 is 0 Å². The van der Waals surface area contributed by atoms with E-state index in [2.05, 4.69) is 46.7 Å². The number of carbonyl (C=O) groups is 1. The number of ether oxygens (including phenoxy) is 1. The van der Waals surface area contributed by atoms with Crippen molar-refractivity contribution in [1.29, 1.82) is 0 Å². The van der Waals surface area contributed by atoms with Gasteiger partial charge in [0.25, 0.3) is 0 Å². The highest BCUT2D eigenvalue weighted by Crippen LogP contribution is 2.31.